The molecule has 140 valence electrons. The number of hydrogen-bond acceptors (Lipinski definition) is 5. The number of nitrogens with one attached hydrogen (secondary N) is 1. The number of likely N-dealkylation sites (tertiary alicyclic amines) is 1. The van der Waals surface area contributed by atoms with Crippen LogP contribution in [0.5, 0.6) is 0 Å². The number of H-pyrrole nitrogens is 1. The van der Waals surface area contributed by atoms with Crippen molar-refractivity contribution in [2.75, 3.05) is 39.3 Å². The standard InChI is InChI=1S/C18H32N6O/c1-15(23-9-5-3-4-6-10-23)18(25)24-11-7-8-22(12-13-24)14-17-19-16(2)20-21-17/h15H,3-14H2,1-2H3,(H,19,20,21). The topological polar surface area (TPSA) is 68.4 Å². The van der Waals surface area contributed by atoms with Crippen LogP contribution in [0.1, 0.15) is 50.7 Å². The quantitative estimate of drug-likeness (QED) is 0.891. The molecule has 0 aliphatic carbocycles. The van der Waals surface area contributed by atoms with Gasteiger partial charge in [0.15, 0.2) is 5.82 Å². The van der Waals surface area contributed by atoms with E-state index in [1.807, 2.05) is 6.92 Å². The van der Waals surface area contributed by atoms with Gasteiger partial charge in [0.05, 0.1) is 12.6 Å². The third-order valence-electron chi connectivity index (χ3n) is 5.45. The number of carbonyl (C=O) groups excluding carboxylic acids is 1. The van der Waals surface area contributed by atoms with Crippen LogP contribution in [-0.4, -0.2) is 81.1 Å². The molecule has 1 aromatic heterocycles. The number of carbonyl (C=O) groups is 1. The van der Waals surface area contributed by atoms with Crippen molar-refractivity contribution in [3.63, 3.8) is 0 Å². The highest BCUT2D eigenvalue weighted by atomic mass is 16.2. The molecule has 3 rings (SSSR count). The summed E-state index contributed by atoms with van der Waals surface area (Å²) in [7, 11) is 0. The first kappa shape index (κ1) is 18.3. The molecule has 2 aliphatic rings. The van der Waals surface area contributed by atoms with Crippen LogP contribution in [0.4, 0.5) is 0 Å². The minimum Gasteiger partial charge on any atom is -0.340 e. The van der Waals surface area contributed by atoms with E-state index in [4.69, 9.17) is 0 Å². The lowest BCUT2D eigenvalue weighted by atomic mass is 10.2. The molecule has 7 heteroatoms. The van der Waals surface area contributed by atoms with E-state index in [0.717, 1.165) is 63.9 Å². The molecule has 7 nitrogen and oxygen atoms in total. The van der Waals surface area contributed by atoms with E-state index >= 15 is 0 Å². The summed E-state index contributed by atoms with van der Waals surface area (Å²) in [6.45, 7) is 10.5. The Morgan fingerprint density at radius 2 is 1.80 bits per heavy atom. The normalized spacial score (nSPS) is 22.4. The van der Waals surface area contributed by atoms with E-state index in [1.165, 1.54) is 25.7 Å². The second-order valence-electron chi connectivity index (χ2n) is 7.42. The maximum atomic E-state index is 13.0. The maximum Gasteiger partial charge on any atom is 0.239 e. The zero-order valence-corrected chi connectivity index (χ0v) is 15.7. The molecule has 2 aliphatic heterocycles. The average Bonchev–Trinajstić information content (AvgIpc) is 2.84. The van der Waals surface area contributed by atoms with Gasteiger partial charge in [0.2, 0.25) is 5.91 Å². The van der Waals surface area contributed by atoms with Crippen LogP contribution in [0.25, 0.3) is 0 Å². The van der Waals surface area contributed by atoms with Gasteiger partial charge in [-0.1, -0.05) is 12.8 Å². The number of hydrogen-bond donors (Lipinski definition) is 1. The van der Waals surface area contributed by atoms with Crippen LogP contribution in [0.3, 0.4) is 0 Å². The zero-order valence-electron chi connectivity index (χ0n) is 15.7. The Morgan fingerprint density at radius 1 is 1.04 bits per heavy atom. The SMILES string of the molecule is Cc1nc(CN2CCCN(C(=O)C(C)N3CCCCCC3)CC2)n[nH]1. The molecular weight excluding hydrogens is 316 g/mol. The molecule has 25 heavy (non-hydrogen) atoms. The predicted molar refractivity (Wildman–Crippen MR) is 97.1 cm³/mol. The molecule has 1 unspecified atom stereocenters. The van der Waals surface area contributed by atoms with Crippen LogP contribution >= 0.6 is 0 Å². The third-order valence-corrected chi connectivity index (χ3v) is 5.45. The average molecular weight is 348 g/mol. The van der Waals surface area contributed by atoms with Crippen molar-refractivity contribution in [2.24, 2.45) is 0 Å². The van der Waals surface area contributed by atoms with Crippen LogP contribution < -0.4 is 0 Å². The van der Waals surface area contributed by atoms with E-state index in [0.29, 0.717) is 5.91 Å². The first-order valence-corrected chi connectivity index (χ1v) is 9.76. The largest absolute Gasteiger partial charge is 0.340 e. The first-order valence-electron chi connectivity index (χ1n) is 9.76. The van der Waals surface area contributed by atoms with Crippen molar-refractivity contribution in [2.45, 2.75) is 58.5 Å². The van der Waals surface area contributed by atoms with Crippen molar-refractivity contribution in [1.29, 1.82) is 0 Å². The van der Waals surface area contributed by atoms with Gasteiger partial charge in [-0.25, -0.2) is 4.98 Å². The Morgan fingerprint density at radius 3 is 2.48 bits per heavy atom. The van der Waals surface area contributed by atoms with Crippen molar-refractivity contribution >= 4 is 5.91 Å². The highest BCUT2D eigenvalue weighted by molar-refractivity contribution is 5.81. The summed E-state index contributed by atoms with van der Waals surface area (Å²) in [6, 6.07) is 0.0142. The van der Waals surface area contributed by atoms with Crippen LogP contribution in [0.2, 0.25) is 0 Å². The van der Waals surface area contributed by atoms with E-state index in [-0.39, 0.29) is 6.04 Å². The molecule has 3 heterocycles. The summed E-state index contributed by atoms with van der Waals surface area (Å²) in [4.78, 5) is 24.2. The van der Waals surface area contributed by atoms with E-state index < -0.39 is 0 Å². The fourth-order valence-corrected chi connectivity index (χ4v) is 3.91. The van der Waals surface area contributed by atoms with Gasteiger partial charge in [0, 0.05) is 26.2 Å². The number of nitrogens with zero attached hydrogens (tertiary/aromatic N) is 5. The van der Waals surface area contributed by atoms with E-state index in [2.05, 4.69) is 36.8 Å². The van der Waals surface area contributed by atoms with Gasteiger partial charge in [0.1, 0.15) is 5.82 Å². The van der Waals surface area contributed by atoms with Gasteiger partial charge in [0.25, 0.3) is 0 Å². The van der Waals surface area contributed by atoms with Crippen LogP contribution in [-0.2, 0) is 11.3 Å². The highest BCUT2D eigenvalue weighted by Gasteiger charge is 2.28. The molecular formula is C18H32N6O. The van der Waals surface area contributed by atoms with E-state index in [9.17, 15) is 4.79 Å². The lowest BCUT2D eigenvalue weighted by Crippen LogP contribution is -2.48. The van der Waals surface area contributed by atoms with Crippen molar-refractivity contribution in [3.05, 3.63) is 11.6 Å². The van der Waals surface area contributed by atoms with Crippen molar-refractivity contribution < 1.29 is 4.79 Å². The summed E-state index contributed by atoms with van der Waals surface area (Å²) < 4.78 is 0. The van der Waals surface area contributed by atoms with Crippen LogP contribution in [0, 0.1) is 6.92 Å². The fourth-order valence-electron chi connectivity index (χ4n) is 3.91. The second-order valence-corrected chi connectivity index (χ2v) is 7.42. The van der Waals surface area contributed by atoms with Gasteiger partial charge in [-0.15, -0.1) is 0 Å². The molecule has 0 saturated carbocycles. The lowest BCUT2D eigenvalue weighted by molar-refractivity contribution is -0.136. The van der Waals surface area contributed by atoms with Crippen LogP contribution in [0.15, 0.2) is 0 Å². The predicted octanol–water partition coefficient (Wildman–Crippen LogP) is 1.41. The molecule has 0 bridgehead atoms. The number of amides is 1. The lowest BCUT2D eigenvalue weighted by Gasteiger charge is -2.31. The summed E-state index contributed by atoms with van der Waals surface area (Å²) in [5.74, 6) is 2.00. The zero-order chi connectivity index (χ0) is 17.6. The van der Waals surface area contributed by atoms with Gasteiger partial charge < -0.3 is 4.90 Å². The molecule has 2 saturated heterocycles. The first-order chi connectivity index (χ1) is 12.1. The van der Waals surface area contributed by atoms with Crippen molar-refractivity contribution in [3.8, 4) is 0 Å². The number of aromatic amines is 1. The fraction of sp³-hybridized carbons (Fsp3) is 0.833. The van der Waals surface area contributed by atoms with Gasteiger partial charge in [-0.2, -0.15) is 5.10 Å². The maximum absolute atomic E-state index is 13.0. The third kappa shape index (κ3) is 5.01. The molecule has 0 aromatic carbocycles. The Labute approximate surface area is 150 Å². The molecule has 1 amide bonds. The Kier molecular flexibility index (Phi) is 6.42. The highest BCUT2D eigenvalue weighted by Crippen LogP contribution is 2.15. The minimum atomic E-state index is 0.0142. The number of rotatable bonds is 4. The minimum absolute atomic E-state index is 0.0142. The molecule has 0 radical (unpaired) electrons. The molecule has 1 N–H and O–H groups in total. The Bertz CT molecular complexity index is 552. The summed E-state index contributed by atoms with van der Waals surface area (Å²) >= 11 is 0. The molecule has 1 aromatic rings. The second kappa shape index (κ2) is 8.76. The number of aromatic nitrogens is 3. The van der Waals surface area contributed by atoms with Gasteiger partial charge in [-0.3, -0.25) is 19.7 Å². The summed E-state index contributed by atoms with van der Waals surface area (Å²) in [6.07, 6.45) is 6.07. The smallest absolute Gasteiger partial charge is 0.239 e. The van der Waals surface area contributed by atoms with E-state index in [1.54, 1.807) is 0 Å². The van der Waals surface area contributed by atoms with Crippen molar-refractivity contribution in [1.82, 2.24) is 29.9 Å². The number of aryl methyl sites for hydroxylation is 1. The Hall–Kier alpha value is -1.47. The summed E-state index contributed by atoms with van der Waals surface area (Å²) in [5, 5.41) is 7.13. The molecule has 0 spiro atoms. The monoisotopic (exact) mass is 348 g/mol. The molecule has 1 atom stereocenters. The Balaban J connectivity index is 1.51. The van der Waals surface area contributed by atoms with Gasteiger partial charge in [-0.05, 0) is 46.2 Å². The summed E-state index contributed by atoms with van der Waals surface area (Å²) in [5.41, 5.74) is 0. The molecule has 2 fully saturated rings. The van der Waals surface area contributed by atoms with Gasteiger partial charge >= 0.3 is 0 Å².